The van der Waals surface area contributed by atoms with Gasteiger partial charge < -0.3 is 15.3 Å². The summed E-state index contributed by atoms with van der Waals surface area (Å²) in [6.07, 6.45) is 10.2. The van der Waals surface area contributed by atoms with E-state index < -0.39 is 17.5 Å². The number of aliphatic carboxylic acids is 2. The molecule has 0 heterocycles. The van der Waals surface area contributed by atoms with Crippen LogP contribution in [0.15, 0.2) is 24.3 Å². The maximum absolute atomic E-state index is 10.8. The SMILES string of the molecule is O=C(O)C=CC12CC3CC(O)(C1)CC(C=CC(=O)O)(C3)C2. The summed E-state index contributed by atoms with van der Waals surface area (Å²) < 4.78 is 0. The van der Waals surface area contributed by atoms with Gasteiger partial charge in [-0.15, -0.1) is 0 Å². The van der Waals surface area contributed by atoms with Crippen molar-refractivity contribution < 1.29 is 24.9 Å². The monoisotopic (exact) mass is 292 g/mol. The Morgan fingerprint density at radius 2 is 1.33 bits per heavy atom. The van der Waals surface area contributed by atoms with Gasteiger partial charge in [-0.2, -0.15) is 0 Å². The van der Waals surface area contributed by atoms with Crippen LogP contribution in [-0.4, -0.2) is 32.9 Å². The number of hydrogen-bond acceptors (Lipinski definition) is 3. The fourth-order valence-electron chi connectivity index (χ4n) is 5.40. The zero-order valence-corrected chi connectivity index (χ0v) is 11.8. The Labute approximate surface area is 123 Å². The average molecular weight is 292 g/mol. The van der Waals surface area contributed by atoms with E-state index >= 15 is 0 Å². The highest BCUT2D eigenvalue weighted by atomic mass is 16.4. The van der Waals surface area contributed by atoms with Gasteiger partial charge in [0.1, 0.15) is 0 Å². The van der Waals surface area contributed by atoms with E-state index in [1.54, 1.807) is 12.2 Å². The quantitative estimate of drug-likeness (QED) is 0.689. The third-order valence-corrected chi connectivity index (χ3v) is 5.28. The topological polar surface area (TPSA) is 94.8 Å². The molecule has 4 aliphatic rings. The zero-order chi connectivity index (χ0) is 15.3. The summed E-state index contributed by atoms with van der Waals surface area (Å²) >= 11 is 0. The Balaban J connectivity index is 1.95. The first kappa shape index (κ1) is 14.3. The van der Waals surface area contributed by atoms with Crippen LogP contribution in [0.2, 0.25) is 0 Å². The molecule has 3 N–H and O–H groups in total. The molecule has 0 saturated heterocycles. The van der Waals surface area contributed by atoms with Gasteiger partial charge in [-0.25, -0.2) is 9.59 Å². The van der Waals surface area contributed by atoms with Crippen molar-refractivity contribution in [3.8, 4) is 0 Å². The summed E-state index contributed by atoms with van der Waals surface area (Å²) in [4.78, 5) is 21.7. The summed E-state index contributed by atoms with van der Waals surface area (Å²) in [5, 5.41) is 28.6. The predicted octanol–water partition coefficient (Wildman–Crippen LogP) is 1.97. The first-order valence-corrected chi connectivity index (χ1v) is 7.31. The molecular weight excluding hydrogens is 272 g/mol. The van der Waals surface area contributed by atoms with E-state index in [-0.39, 0.29) is 10.8 Å². The molecule has 2 unspecified atom stereocenters. The molecule has 0 radical (unpaired) electrons. The minimum Gasteiger partial charge on any atom is -0.478 e. The lowest BCUT2D eigenvalue weighted by molar-refractivity contribution is -0.171. The summed E-state index contributed by atoms with van der Waals surface area (Å²) in [5.41, 5.74) is -1.41. The molecule has 5 heteroatoms. The Kier molecular flexibility index (Phi) is 3.03. The number of carboxylic acid groups (broad SMARTS) is 2. The van der Waals surface area contributed by atoms with Crippen molar-refractivity contribution in [2.24, 2.45) is 16.7 Å². The molecule has 4 bridgehead atoms. The summed E-state index contributed by atoms with van der Waals surface area (Å²) in [7, 11) is 0. The number of carboxylic acids is 2. The van der Waals surface area contributed by atoms with Crippen molar-refractivity contribution >= 4 is 11.9 Å². The molecular formula is C16H20O5. The number of aliphatic hydroxyl groups is 1. The Hall–Kier alpha value is -1.62. The third kappa shape index (κ3) is 2.62. The van der Waals surface area contributed by atoms with Crippen LogP contribution in [-0.2, 0) is 9.59 Å². The number of hydrogen-bond donors (Lipinski definition) is 3. The second-order valence-electron chi connectivity index (χ2n) is 7.30. The normalized spacial score (nSPS) is 44.7. The first-order chi connectivity index (χ1) is 9.74. The smallest absolute Gasteiger partial charge is 0.327 e. The average Bonchev–Trinajstić information content (AvgIpc) is 2.31. The standard InChI is InChI=1S/C16H20O5/c17-12(18)1-3-14-5-11-6-15(8-14,4-2-13(19)20)10-16(21,7-11)9-14/h1-4,11,21H,5-10H2,(H,17,18)(H,19,20). The van der Waals surface area contributed by atoms with Crippen molar-refractivity contribution in [3.63, 3.8) is 0 Å². The maximum Gasteiger partial charge on any atom is 0.327 e. The largest absolute Gasteiger partial charge is 0.478 e. The van der Waals surface area contributed by atoms with Crippen molar-refractivity contribution in [3.05, 3.63) is 24.3 Å². The highest BCUT2D eigenvalue weighted by molar-refractivity contribution is 5.80. The molecule has 0 aromatic carbocycles. The predicted molar refractivity (Wildman–Crippen MR) is 74.6 cm³/mol. The molecule has 0 aliphatic heterocycles. The molecule has 5 nitrogen and oxygen atoms in total. The van der Waals surface area contributed by atoms with Crippen molar-refractivity contribution in [2.45, 2.75) is 44.1 Å². The molecule has 0 aromatic heterocycles. The Morgan fingerprint density at radius 1 is 0.857 bits per heavy atom. The van der Waals surface area contributed by atoms with Crippen LogP contribution >= 0.6 is 0 Å². The lowest BCUT2D eigenvalue weighted by Gasteiger charge is -2.63. The molecule has 21 heavy (non-hydrogen) atoms. The molecule has 4 fully saturated rings. The maximum atomic E-state index is 10.8. The van der Waals surface area contributed by atoms with Gasteiger partial charge in [0.15, 0.2) is 0 Å². The van der Waals surface area contributed by atoms with Gasteiger partial charge in [0.25, 0.3) is 0 Å². The van der Waals surface area contributed by atoms with Crippen LogP contribution in [0.5, 0.6) is 0 Å². The van der Waals surface area contributed by atoms with Crippen molar-refractivity contribution in [1.29, 1.82) is 0 Å². The molecule has 2 atom stereocenters. The van der Waals surface area contributed by atoms with Gasteiger partial charge >= 0.3 is 11.9 Å². The van der Waals surface area contributed by atoms with Crippen LogP contribution < -0.4 is 0 Å². The van der Waals surface area contributed by atoms with Gasteiger partial charge in [-0.3, -0.25) is 0 Å². The van der Waals surface area contributed by atoms with E-state index in [9.17, 15) is 14.7 Å². The lowest BCUT2D eigenvalue weighted by atomic mass is 9.42. The molecule has 0 spiro atoms. The second kappa shape index (κ2) is 4.44. The van der Waals surface area contributed by atoms with Crippen LogP contribution in [0.25, 0.3) is 0 Å². The molecule has 0 aromatic rings. The molecule has 4 aliphatic carbocycles. The molecule has 4 saturated carbocycles. The van der Waals surface area contributed by atoms with Crippen LogP contribution in [0.3, 0.4) is 0 Å². The Bertz CT molecular complexity index is 507. The molecule has 4 rings (SSSR count). The number of carbonyl (C=O) groups is 2. The fourth-order valence-corrected chi connectivity index (χ4v) is 5.40. The minimum atomic E-state index is -0.979. The van der Waals surface area contributed by atoms with E-state index in [2.05, 4.69) is 0 Å². The first-order valence-electron chi connectivity index (χ1n) is 7.31. The highest BCUT2D eigenvalue weighted by Crippen LogP contribution is 2.67. The van der Waals surface area contributed by atoms with Crippen LogP contribution in [0, 0.1) is 16.7 Å². The summed E-state index contributed by atoms with van der Waals surface area (Å²) in [6, 6.07) is 0. The molecule has 114 valence electrons. The van der Waals surface area contributed by atoms with Crippen molar-refractivity contribution in [2.75, 3.05) is 0 Å². The Morgan fingerprint density at radius 3 is 1.71 bits per heavy atom. The van der Waals surface area contributed by atoms with Gasteiger partial charge in [0.2, 0.25) is 0 Å². The van der Waals surface area contributed by atoms with E-state index in [0.717, 1.165) is 25.7 Å². The fraction of sp³-hybridized carbons (Fsp3) is 0.625. The van der Waals surface area contributed by atoms with Gasteiger partial charge in [-0.05, 0) is 55.3 Å². The lowest BCUT2D eigenvalue weighted by Crippen LogP contribution is -2.59. The minimum absolute atomic E-state index is 0.310. The second-order valence-corrected chi connectivity index (χ2v) is 7.30. The summed E-state index contributed by atoms with van der Waals surface area (Å²) in [5.74, 6) is -1.62. The van der Waals surface area contributed by atoms with Gasteiger partial charge in [0, 0.05) is 12.2 Å². The van der Waals surface area contributed by atoms with Gasteiger partial charge in [-0.1, -0.05) is 12.2 Å². The van der Waals surface area contributed by atoms with E-state index in [0.29, 0.717) is 18.8 Å². The number of rotatable bonds is 4. The third-order valence-electron chi connectivity index (χ3n) is 5.28. The van der Waals surface area contributed by atoms with E-state index in [1.807, 2.05) is 0 Å². The van der Waals surface area contributed by atoms with E-state index in [1.165, 1.54) is 12.2 Å². The summed E-state index contributed by atoms with van der Waals surface area (Å²) in [6.45, 7) is 0. The highest BCUT2D eigenvalue weighted by Gasteiger charge is 2.61. The van der Waals surface area contributed by atoms with Crippen LogP contribution in [0.1, 0.15) is 38.5 Å². The van der Waals surface area contributed by atoms with E-state index in [4.69, 9.17) is 10.2 Å². The van der Waals surface area contributed by atoms with Crippen molar-refractivity contribution in [1.82, 2.24) is 0 Å². The van der Waals surface area contributed by atoms with Gasteiger partial charge in [0.05, 0.1) is 5.60 Å². The van der Waals surface area contributed by atoms with Crippen LogP contribution in [0.4, 0.5) is 0 Å². The molecule has 0 amide bonds. The zero-order valence-electron chi connectivity index (χ0n) is 11.8. The number of allylic oxidation sites excluding steroid dienone is 2.